The monoisotopic (exact) mass is 315 g/mol. The summed E-state index contributed by atoms with van der Waals surface area (Å²) in [7, 11) is 0. The van der Waals surface area contributed by atoms with Gasteiger partial charge in [-0.2, -0.15) is 0 Å². The van der Waals surface area contributed by atoms with Gasteiger partial charge in [0.15, 0.2) is 5.78 Å². The van der Waals surface area contributed by atoms with Crippen molar-refractivity contribution in [3.8, 4) is 5.75 Å². The average molecular weight is 315 g/mol. The van der Waals surface area contributed by atoms with Crippen LogP contribution in [0, 0.1) is 6.92 Å². The zero-order valence-corrected chi connectivity index (χ0v) is 13.1. The topological polar surface area (TPSA) is 59.3 Å². The smallest absolute Gasteiger partial charge is 0.255 e. The van der Waals surface area contributed by atoms with Gasteiger partial charge in [0.05, 0.1) is 10.8 Å². The summed E-state index contributed by atoms with van der Waals surface area (Å²) >= 11 is 1.23. The van der Waals surface area contributed by atoms with Crippen molar-refractivity contribution < 1.29 is 9.90 Å². The molecule has 0 atom stereocenters. The van der Waals surface area contributed by atoms with Gasteiger partial charge >= 0.3 is 0 Å². The molecular weight excluding hydrogens is 298 g/mol. The molecule has 1 aromatic carbocycles. The molecular formula is C17H17NO3S. The summed E-state index contributed by atoms with van der Waals surface area (Å²) in [6.07, 6.45) is 1.60. The van der Waals surface area contributed by atoms with Crippen LogP contribution in [0.5, 0.6) is 5.75 Å². The van der Waals surface area contributed by atoms with Crippen LogP contribution in [0.2, 0.25) is 0 Å². The first-order valence-electron chi connectivity index (χ1n) is 6.78. The number of aromatic hydroxyl groups is 1. The number of Topliss-reactive ketones (excluding diaryl/α,β-unsaturated/α-hetero) is 1. The number of aromatic nitrogens is 1. The maximum absolute atomic E-state index is 12.2. The quantitative estimate of drug-likeness (QED) is 0.506. The Kier molecular flexibility index (Phi) is 5.22. The predicted molar refractivity (Wildman–Crippen MR) is 88.8 cm³/mol. The lowest BCUT2D eigenvalue weighted by Crippen LogP contribution is -2.20. The second-order valence-electron chi connectivity index (χ2n) is 4.87. The molecule has 1 N–H and O–H groups in total. The number of carbonyl (C=O) groups is 1. The lowest BCUT2D eigenvalue weighted by molar-refractivity contribution is 0.102. The summed E-state index contributed by atoms with van der Waals surface area (Å²) in [5.74, 6) is 0.0739. The third kappa shape index (κ3) is 3.89. The summed E-state index contributed by atoms with van der Waals surface area (Å²) in [6, 6.07) is 9.99. The minimum Gasteiger partial charge on any atom is -0.508 e. The molecule has 22 heavy (non-hydrogen) atoms. The van der Waals surface area contributed by atoms with Crippen LogP contribution < -0.4 is 5.56 Å². The minimum absolute atomic E-state index is 0.0223. The van der Waals surface area contributed by atoms with E-state index < -0.39 is 0 Å². The third-order valence-corrected chi connectivity index (χ3v) is 4.15. The van der Waals surface area contributed by atoms with Crippen LogP contribution in [-0.2, 0) is 6.54 Å². The summed E-state index contributed by atoms with van der Waals surface area (Å²) in [5.41, 5.74) is 1.41. The van der Waals surface area contributed by atoms with Gasteiger partial charge in [0, 0.05) is 24.2 Å². The van der Waals surface area contributed by atoms with Crippen molar-refractivity contribution in [3.05, 3.63) is 70.5 Å². The van der Waals surface area contributed by atoms with E-state index in [1.54, 1.807) is 18.2 Å². The second kappa shape index (κ2) is 7.13. The molecule has 0 unspecified atom stereocenters. The molecule has 0 amide bonds. The van der Waals surface area contributed by atoms with E-state index in [2.05, 4.69) is 6.58 Å². The van der Waals surface area contributed by atoms with Crippen molar-refractivity contribution in [1.82, 2.24) is 4.57 Å². The Bertz CT molecular complexity index is 747. The van der Waals surface area contributed by atoms with E-state index in [-0.39, 0.29) is 22.8 Å². The number of ketones is 1. The Morgan fingerprint density at radius 2 is 2.00 bits per heavy atom. The summed E-state index contributed by atoms with van der Waals surface area (Å²) in [5, 5.41) is 10.1. The fourth-order valence-corrected chi connectivity index (χ4v) is 2.92. The first-order valence-corrected chi connectivity index (χ1v) is 7.77. The number of benzene rings is 1. The molecule has 1 heterocycles. The van der Waals surface area contributed by atoms with Gasteiger partial charge in [0.25, 0.3) is 5.56 Å². The van der Waals surface area contributed by atoms with Crippen LogP contribution >= 0.6 is 11.8 Å². The number of aryl methyl sites for hydroxylation is 1. The Morgan fingerprint density at radius 1 is 1.32 bits per heavy atom. The van der Waals surface area contributed by atoms with Crippen molar-refractivity contribution >= 4 is 17.5 Å². The Labute approximate surface area is 133 Å². The van der Waals surface area contributed by atoms with Crippen LogP contribution in [0.4, 0.5) is 0 Å². The Morgan fingerprint density at radius 3 is 2.64 bits per heavy atom. The van der Waals surface area contributed by atoms with Crippen molar-refractivity contribution in [3.63, 3.8) is 0 Å². The van der Waals surface area contributed by atoms with Crippen LogP contribution in [-0.4, -0.2) is 21.2 Å². The van der Waals surface area contributed by atoms with E-state index in [4.69, 9.17) is 0 Å². The van der Waals surface area contributed by atoms with Crippen LogP contribution in [0.25, 0.3) is 0 Å². The molecule has 0 spiro atoms. The van der Waals surface area contributed by atoms with Crippen LogP contribution in [0.3, 0.4) is 0 Å². The van der Waals surface area contributed by atoms with Crippen LogP contribution in [0.15, 0.2) is 58.9 Å². The van der Waals surface area contributed by atoms with Gasteiger partial charge in [-0.25, -0.2) is 0 Å². The Hall–Kier alpha value is -2.27. The molecule has 0 bridgehead atoms. The molecule has 2 rings (SSSR count). The maximum atomic E-state index is 12.2. The van der Waals surface area contributed by atoms with Crippen molar-refractivity contribution in [1.29, 1.82) is 0 Å². The van der Waals surface area contributed by atoms with Gasteiger partial charge in [-0.3, -0.25) is 14.2 Å². The number of hydrogen-bond donors (Lipinski definition) is 1. The van der Waals surface area contributed by atoms with E-state index in [0.717, 1.165) is 11.6 Å². The van der Waals surface area contributed by atoms with Crippen molar-refractivity contribution in [2.24, 2.45) is 0 Å². The molecule has 2 aromatic rings. The molecule has 1 aromatic heterocycles. The molecule has 0 saturated heterocycles. The fourth-order valence-electron chi connectivity index (χ4n) is 1.95. The van der Waals surface area contributed by atoms with E-state index in [1.165, 1.54) is 22.4 Å². The number of nitrogens with zero attached hydrogens (tertiary/aromatic N) is 1. The molecule has 0 saturated carbocycles. The summed E-state index contributed by atoms with van der Waals surface area (Å²) in [6.45, 7) is 5.91. The highest BCUT2D eigenvalue weighted by Gasteiger charge is 2.10. The van der Waals surface area contributed by atoms with Crippen LogP contribution in [0.1, 0.15) is 15.9 Å². The normalized spacial score (nSPS) is 10.4. The highest BCUT2D eigenvalue weighted by Crippen LogP contribution is 2.22. The van der Waals surface area contributed by atoms with Gasteiger partial charge in [-0.1, -0.05) is 47.7 Å². The van der Waals surface area contributed by atoms with E-state index in [0.29, 0.717) is 17.1 Å². The zero-order chi connectivity index (χ0) is 16.1. The molecule has 0 aliphatic heterocycles. The number of allylic oxidation sites excluding steroid dienone is 1. The first kappa shape index (κ1) is 16.1. The van der Waals surface area contributed by atoms with Gasteiger partial charge < -0.3 is 5.11 Å². The third-order valence-electron chi connectivity index (χ3n) is 3.11. The summed E-state index contributed by atoms with van der Waals surface area (Å²) < 4.78 is 1.47. The lowest BCUT2D eigenvalue weighted by Gasteiger charge is -2.10. The number of rotatable bonds is 6. The predicted octanol–water partition coefficient (Wildman–Crippen LogP) is 3.02. The number of thioether (sulfide) groups is 1. The highest BCUT2D eigenvalue weighted by molar-refractivity contribution is 7.99. The first-order chi connectivity index (χ1) is 10.5. The summed E-state index contributed by atoms with van der Waals surface area (Å²) in [4.78, 5) is 24.0. The number of hydrogen-bond acceptors (Lipinski definition) is 4. The van der Waals surface area contributed by atoms with Gasteiger partial charge in [-0.05, 0) is 6.92 Å². The van der Waals surface area contributed by atoms with Gasteiger partial charge in [0.1, 0.15) is 5.75 Å². The van der Waals surface area contributed by atoms with E-state index in [1.807, 2.05) is 19.1 Å². The highest BCUT2D eigenvalue weighted by atomic mass is 32.2. The van der Waals surface area contributed by atoms with E-state index >= 15 is 0 Å². The second-order valence-corrected chi connectivity index (χ2v) is 5.86. The minimum atomic E-state index is -0.315. The molecule has 0 aliphatic rings. The molecule has 0 radical (unpaired) electrons. The molecule has 0 fully saturated rings. The van der Waals surface area contributed by atoms with Gasteiger partial charge in [0.2, 0.25) is 0 Å². The van der Waals surface area contributed by atoms with Crippen molar-refractivity contribution in [2.45, 2.75) is 18.5 Å². The Balaban J connectivity index is 2.17. The number of carbonyl (C=O) groups excluding carboxylic acids is 1. The lowest BCUT2D eigenvalue weighted by atomic mass is 10.1. The maximum Gasteiger partial charge on any atom is 0.255 e. The average Bonchev–Trinajstić information content (AvgIpc) is 2.48. The zero-order valence-electron chi connectivity index (χ0n) is 12.3. The molecule has 0 aliphatic carbocycles. The standard InChI is InChI=1S/C17H17NO3S/c1-3-8-18-16(21)9-14(19)10-17(18)22-11-15(20)13-6-4-12(2)5-7-13/h3-7,9-10,19H,1,8,11H2,2H3. The molecule has 4 nitrogen and oxygen atoms in total. The molecule has 114 valence electrons. The largest absolute Gasteiger partial charge is 0.508 e. The van der Waals surface area contributed by atoms with E-state index in [9.17, 15) is 14.7 Å². The van der Waals surface area contributed by atoms with Crippen molar-refractivity contribution in [2.75, 3.05) is 5.75 Å². The fraction of sp³-hybridized carbons (Fsp3) is 0.176. The number of pyridine rings is 1. The van der Waals surface area contributed by atoms with Gasteiger partial charge in [-0.15, -0.1) is 6.58 Å². The SMILES string of the molecule is C=CCn1c(SCC(=O)c2ccc(C)cc2)cc(O)cc1=O. The molecule has 5 heteroatoms.